The highest BCUT2D eigenvalue weighted by molar-refractivity contribution is 7.11. The molecule has 2 heterocycles. The summed E-state index contributed by atoms with van der Waals surface area (Å²) in [6.07, 6.45) is 0. The number of aromatic nitrogens is 3. The highest BCUT2D eigenvalue weighted by atomic mass is 32.1. The van der Waals surface area contributed by atoms with E-state index in [4.69, 9.17) is 0 Å². The lowest BCUT2D eigenvalue weighted by Crippen LogP contribution is -2.16. The maximum absolute atomic E-state index is 4.59. The molecule has 22 heavy (non-hydrogen) atoms. The number of hydrogen-bond donors (Lipinski definition) is 1. The van der Waals surface area contributed by atoms with Crippen LogP contribution in [-0.2, 0) is 20.1 Å². The average Bonchev–Trinajstić information content (AvgIpc) is 3.03. The van der Waals surface area contributed by atoms with Crippen LogP contribution < -0.4 is 5.32 Å². The number of nitrogens with zero attached hydrogens (tertiary/aromatic N) is 3. The SMILES string of the molecule is Cc1nc(CNCc2cc(-c3ccccc3)nn2C)c(C)s1. The molecule has 3 aromatic rings. The first-order valence-corrected chi connectivity index (χ1v) is 8.17. The third-order valence-electron chi connectivity index (χ3n) is 3.64. The van der Waals surface area contributed by atoms with Crippen LogP contribution in [0.5, 0.6) is 0 Å². The minimum absolute atomic E-state index is 0.784. The Morgan fingerprint density at radius 3 is 2.59 bits per heavy atom. The van der Waals surface area contributed by atoms with Crippen molar-refractivity contribution in [3.05, 3.63) is 57.7 Å². The molecule has 0 aliphatic rings. The Labute approximate surface area is 134 Å². The van der Waals surface area contributed by atoms with E-state index in [2.05, 4.69) is 47.4 Å². The van der Waals surface area contributed by atoms with E-state index >= 15 is 0 Å². The minimum atomic E-state index is 0.784. The van der Waals surface area contributed by atoms with Crippen molar-refractivity contribution < 1.29 is 0 Å². The van der Waals surface area contributed by atoms with Crippen molar-refractivity contribution in [2.75, 3.05) is 0 Å². The molecule has 0 aliphatic heterocycles. The summed E-state index contributed by atoms with van der Waals surface area (Å²) in [5, 5.41) is 9.18. The first-order valence-electron chi connectivity index (χ1n) is 7.35. The predicted molar refractivity (Wildman–Crippen MR) is 90.8 cm³/mol. The molecule has 0 aliphatic carbocycles. The smallest absolute Gasteiger partial charge is 0.0926 e. The second-order valence-electron chi connectivity index (χ2n) is 5.35. The van der Waals surface area contributed by atoms with Crippen LogP contribution >= 0.6 is 11.3 Å². The molecule has 0 bridgehead atoms. The summed E-state index contributed by atoms with van der Waals surface area (Å²) in [5.74, 6) is 0. The van der Waals surface area contributed by atoms with Crippen LogP contribution in [0.2, 0.25) is 0 Å². The lowest BCUT2D eigenvalue weighted by Gasteiger charge is -2.03. The molecule has 1 aromatic carbocycles. The molecule has 1 N–H and O–H groups in total. The fourth-order valence-electron chi connectivity index (χ4n) is 2.47. The predicted octanol–water partition coefficient (Wildman–Crippen LogP) is 3.45. The van der Waals surface area contributed by atoms with E-state index in [0.717, 1.165) is 35.0 Å². The maximum Gasteiger partial charge on any atom is 0.0926 e. The van der Waals surface area contributed by atoms with Crippen LogP contribution in [0.4, 0.5) is 0 Å². The standard InChI is InChI=1S/C17H20N4S/c1-12-17(19-13(2)22-12)11-18-10-15-9-16(20-21(15)3)14-7-5-4-6-8-14/h4-9,18H,10-11H2,1-3H3. The summed E-state index contributed by atoms with van der Waals surface area (Å²) in [6.45, 7) is 5.75. The Hall–Kier alpha value is -1.98. The van der Waals surface area contributed by atoms with Crippen molar-refractivity contribution in [1.82, 2.24) is 20.1 Å². The third kappa shape index (κ3) is 3.26. The Kier molecular flexibility index (Phi) is 4.36. The molecule has 5 heteroatoms. The van der Waals surface area contributed by atoms with Gasteiger partial charge in [-0.1, -0.05) is 30.3 Å². The average molecular weight is 312 g/mol. The summed E-state index contributed by atoms with van der Waals surface area (Å²) in [5.41, 5.74) is 4.48. The van der Waals surface area contributed by atoms with Gasteiger partial charge in [0.2, 0.25) is 0 Å². The third-order valence-corrected chi connectivity index (χ3v) is 4.57. The van der Waals surface area contributed by atoms with Gasteiger partial charge >= 0.3 is 0 Å². The lowest BCUT2D eigenvalue weighted by atomic mass is 10.1. The first kappa shape index (κ1) is 14.9. The molecule has 4 nitrogen and oxygen atoms in total. The highest BCUT2D eigenvalue weighted by Crippen LogP contribution is 2.19. The zero-order valence-electron chi connectivity index (χ0n) is 13.1. The van der Waals surface area contributed by atoms with Gasteiger partial charge in [-0.15, -0.1) is 11.3 Å². The molecule has 0 spiro atoms. The summed E-state index contributed by atoms with van der Waals surface area (Å²) in [4.78, 5) is 5.84. The largest absolute Gasteiger partial charge is 0.305 e. The van der Waals surface area contributed by atoms with Crippen molar-refractivity contribution in [3.8, 4) is 11.3 Å². The fraction of sp³-hybridized carbons (Fsp3) is 0.294. The quantitative estimate of drug-likeness (QED) is 0.784. The van der Waals surface area contributed by atoms with Gasteiger partial charge in [0.15, 0.2) is 0 Å². The number of thiazole rings is 1. The van der Waals surface area contributed by atoms with Gasteiger partial charge in [-0.3, -0.25) is 4.68 Å². The Morgan fingerprint density at radius 1 is 1.14 bits per heavy atom. The van der Waals surface area contributed by atoms with Crippen LogP contribution in [0.25, 0.3) is 11.3 Å². The summed E-state index contributed by atoms with van der Waals surface area (Å²) < 4.78 is 1.94. The number of benzene rings is 1. The van der Waals surface area contributed by atoms with Crippen molar-refractivity contribution in [2.45, 2.75) is 26.9 Å². The Balaban J connectivity index is 1.66. The maximum atomic E-state index is 4.59. The summed E-state index contributed by atoms with van der Waals surface area (Å²) in [6, 6.07) is 12.4. The van der Waals surface area contributed by atoms with Crippen LogP contribution in [0.1, 0.15) is 21.3 Å². The monoisotopic (exact) mass is 312 g/mol. The molecule has 0 fully saturated rings. The van der Waals surface area contributed by atoms with E-state index in [1.54, 1.807) is 11.3 Å². The topological polar surface area (TPSA) is 42.7 Å². The number of nitrogens with one attached hydrogen (secondary N) is 1. The lowest BCUT2D eigenvalue weighted by molar-refractivity contribution is 0.620. The van der Waals surface area contributed by atoms with Gasteiger partial charge in [0.05, 0.1) is 22.1 Å². The highest BCUT2D eigenvalue weighted by Gasteiger charge is 2.08. The zero-order valence-corrected chi connectivity index (χ0v) is 13.9. The van der Waals surface area contributed by atoms with Gasteiger partial charge in [-0.05, 0) is 19.9 Å². The van der Waals surface area contributed by atoms with Crippen molar-refractivity contribution in [3.63, 3.8) is 0 Å². The van der Waals surface area contributed by atoms with E-state index in [-0.39, 0.29) is 0 Å². The second kappa shape index (κ2) is 6.42. The molecule has 0 radical (unpaired) electrons. The minimum Gasteiger partial charge on any atom is -0.305 e. The van der Waals surface area contributed by atoms with Gasteiger partial charge in [0, 0.05) is 30.6 Å². The molecule has 0 unspecified atom stereocenters. The van der Waals surface area contributed by atoms with Crippen molar-refractivity contribution in [2.24, 2.45) is 7.05 Å². The van der Waals surface area contributed by atoms with E-state index in [1.807, 2.05) is 29.9 Å². The van der Waals surface area contributed by atoms with E-state index in [1.165, 1.54) is 10.6 Å². The van der Waals surface area contributed by atoms with Gasteiger partial charge in [-0.25, -0.2) is 4.98 Å². The molecule has 0 amide bonds. The van der Waals surface area contributed by atoms with Crippen molar-refractivity contribution >= 4 is 11.3 Å². The molecule has 0 saturated carbocycles. The molecule has 2 aromatic heterocycles. The van der Waals surface area contributed by atoms with Crippen LogP contribution in [-0.4, -0.2) is 14.8 Å². The van der Waals surface area contributed by atoms with E-state index in [9.17, 15) is 0 Å². The van der Waals surface area contributed by atoms with Crippen LogP contribution in [0.15, 0.2) is 36.4 Å². The number of rotatable bonds is 5. The van der Waals surface area contributed by atoms with Gasteiger partial charge in [0.25, 0.3) is 0 Å². The van der Waals surface area contributed by atoms with E-state index in [0.29, 0.717) is 0 Å². The molecular weight excluding hydrogens is 292 g/mol. The van der Waals surface area contributed by atoms with Gasteiger partial charge in [0.1, 0.15) is 0 Å². The normalized spacial score (nSPS) is 11.0. The fourth-order valence-corrected chi connectivity index (χ4v) is 3.30. The molecule has 0 saturated heterocycles. The first-order chi connectivity index (χ1) is 10.6. The summed E-state index contributed by atoms with van der Waals surface area (Å²) >= 11 is 1.75. The van der Waals surface area contributed by atoms with Crippen LogP contribution in [0, 0.1) is 13.8 Å². The summed E-state index contributed by atoms with van der Waals surface area (Å²) in [7, 11) is 1.99. The number of hydrogen-bond acceptors (Lipinski definition) is 4. The Morgan fingerprint density at radius 2 is 1.91 bits per heavy atom. The van der Waals surface area contributed by atoms with Crippen molar-refractivity contribution in [1.29, 1.82) is 0 Å². The van der Waals surface area contributed by atoms with E-state index < -0.39 is 0 Å². The second-order valence-corrected chi connectivity index (χ2v) is 6.76. The van der Waals surface area contributed by atoms with Crippen LogP contribution in [0.3, 0.4) is 0 Å². The number of aryl methyl sites for hydroxylation is 3. The zero-order chi connectivity index (χ0) is 15.5. The molecule has 0 atom stereocenters. The van der Waals surface area contributed by atoms with Gasteiger partial charge in [-0.2, -0.15) is 5.10 Å². The Bertz CT molecular complexity index is 758. The molecule has 114 valence electrons. The van der Waals surface area contributed by atoms with Gasteiger partial charge < -0.3 is 5.32 Å². The molecule has 3 rings (SSSR count). The molecular formula is C17H20N4S.